The third-order valence-corrected chi connectivity index (χ3v) is 3.87. The monoisotopic (exact) mass is 215 g/mol. The normalized spacial score (nSPS) is 29.6. The molecule has 1 aromatic rings. The van der Waals surface area contributed by atoms with Crippen molar-refractivity contribution < 1.29 is 4.79 Å². The maximum absolute atomic E-state index is 11.8. The molecule has 1 saturated heterocycles. The molecule has 2 aliphatic rings. The number of hydrogen-bond donors (Lipinski definition) is 0. The predicted octanol–water partition coefficient (Wildman–Crippen LogP) is 2.10. The SMILES string of the molecule is O=C1C2CC[C@H]1CN(Cc1ccccc1)C2. The first-order valence-electron chi connectivity index (χ1n) is 6.13. The Morgan fingerprint density at radius 2 is 1.69 bits per heavy atom. The molecule has 1 aromatic carbocycles. The van der Waals surface area contributed by atoms with Crippen molar-refractivity contribution in [1.82, 2.24) is 4.90 Å². The summed E-state index contributed by atoms with van der Waals surface area (Å²) in [5, 5.41) is 0. The zero-order chi connectivity index (χ0) is 11.0. The Bertz CT molecular complexity index is 371. The van der Waals surface area contributed by atoms with Gasteiger partial charge < -0.3 is 0 Å². The van der Waals surface area contributed by atoms with Gasteiger partial charge >= 0.3 is 0 Å². The number of carbonyl (C=O) groups excluding carboxylic acids is 1. The number of Topliss-reactive ketones (excluding diaryl/α,β-unsaturated/α-hetero) is 1. The Balaban J connectivity index is 1.68. The third-order valence-electron chi connectivity index (χ3n) is 3.87. The largest absolute Gasteiger partial charge is 0.299 e. The van der Waals surface area contributed by atoms with Gasteiger partial charge in [-0.1, -0.05) is 30.3 Å². The molecule has 0 spiro atoms. The number of nitrogens with zero attached hydrogens (tertiary/aromatic N) is 1. The molecule has 2 bridgehead atoms. The van der Waals surface area contributed by atoms with E-state index in [0.29, 0.717) is 17.6 Å². The van der Waals surface area contributed by atoms with E-state index in [1.54, 1.807) is 0 Å². The average Bonchev–Trinajstić information content (AvgIpc) is 2.54. The fraction of sp³-hybridized carbons (Fsp3) is 0.500. The first-order valence-corrected chi connectivity index (χ1v) is 6.13. The van der Waals surface area contributed by atoms with Crippen LogP contribution in [0.2, 0.25) is 0 Å². The molecule has 1 saturated carbocycles. The van der Waals surface area contributed by atoms with Gasteiger partial charge in [0.1, 0.15) is 5.78 Å². The second-order valence-electron chi connectivity index (χ2n) is 5.05. The number of rotatable bonds is 2. The lowest BCUT2D eigenvalue weighted by Crippen LogP contribution is -2.41. The van der Waals surface area contributed by atoms with Crippen LogP contribution in [0.5, 0.6) is 0 Å². The van der Waals surface area contributed by atoms with Crippen LogP contribution in [0.25, 0.3) is 0 Å². The second kappa shape index (κ2) is 4.02. The third kappa shape index (κ3) is 1.78. The van der Waals surface area contributed by atoms with Crippen molar-refractivity contribution in [3.8, 4) is 0 Å². The Morgan fingerprint density at radius 3 is 2.31 bits per heavy atom. The minimum Gasteiger partial charge on any atom is -0.299 e. The van der Waals surface area contributed by atoms with Crippen LogP contribution in [0, 0.1) is 11.8 Å². The Kier molecular flexibility index (Phi) is 2.52. The van der Waals surface area contributed by atoms with Gasteiger partial charge in [0.15, 0.2) is 0 Å². The van der Waals surface area contributed by atoms with Crippen LogP contribution < -0.4 is 0 Å². The fourth-order valence-electron chi connectivity index (χ4n) is 3.05. The van der Waals surface area contributed by atoms with E-state index in [9.17, 15) is 4.79 Å². The van der Waals surface area contributed by atoms with Gasteiger partial charge in [-0.3, -0.25) is 9.69 Å². The van der Waals surface area contributed by atoms with Gasteiger partial charge in [-0.05, 0) is 18.4 Å². The van der Waals surface area contributed by atoms with Gasteiger partial charge in [0.05, 0.1) is 0 Å². The molecule has 84 valence electrons. The fourth-order valence-corrected chi connectivity index (χ4v) is 3.05. The molecule has 1 heterocycles. The number of fused-ring (bicyclic) bond motifs is 2. The van der Waals surface area contributed by atoms with Crippen LogP contribution in [-0.4, -0.2) is 23.8 Å². The maximum Gasteiger partial charge on any atom is 0.141 e. The zero-order valence-corrected chi connectivity index (χ0v) is 9.43. The summed E-state index contributed by atoms with van der Waals surface area (Å²) in [5.74, 6) is 1.20. The quantitative estimate of drug-likeness (QED) is 0.753. The molecule has 0 N–H and O–H groups in total. The van der Waals surface area contributed by atoms with Gasteiger partial charge in [-0.2, -0.15) is 0 Å². The highest BCUT2D eigenvalue weighted by molar-refractivity contribution is 5.86. The topological polar surface area (TPSA) is 20.3 Å². The molecule has 0 amide bonds. The average molecular weight is 215 g/mol. The molecular formula is C14H17NO. The molecule has 2 atom stereocenters. The molecule has 1 unspecified atom stereocenters. The number of benzene rings is 1. The summed E-state index contributed by atoms with van der Waals surface area (Å²) in [4.78, 5) is 14.2. The van der Waals surface area contributed by atoms with Crippen molar-refractivity contribution in [3.05, 3.63) is 35.9 Å². The maximum atomic E-state index is 11.8. The summed E-state index contributed by atoms with van der Waals surface area (Å²) in [6.45, 7) is 2.95. The Hall–Kier alpha value is -1.15. The van der Waals surface area contributed by atoms with Crippen LogP contribution in [0.1, 0.15) is 18.4 Å². The highest BCUT2D eigenvalue weighted by Gasteiger charge is 2.40. The number of hydrogen-bond acceptors (Lipinski definition) is 2. The zero-order valence-electron chi connectivity index (χ0n) is 9.43. The lowest BCUT2D eigenvalue weighted by molar-refractivity contribution is -0.127. The molecule has 2 nitrogen and oxygen atoms in total. The molecule has 1 aliphatic carbocycles. The Morgan fingerprint density at radius 1 is 1.06 bits per heavy atom. The van der Waals surface area contributed by atoms with Crippen LogP contribution in [0.3, 0.4) is 0 Å². The Labute approximate surface area is 96.3 Å². The van der Waals surface area contributed by atoms with Crippen molar-refractivity contribution >= 4 is 5.78 Å². The van der Waals surface area contributed by atoms with E-state index in [0.717, 1.165) is 32.5 Å². The van der Waals surface area contributed by atoms with Crippen molar-refractivity contribution in [2.45, 2.75) is 19.4 Å². The number of piperidine rings is 1. The highest BCUT2D eigenvalue weighted by Crippen LogP contribution is 2.33. The molecular weight excluding hydrogens is 198 g/mol. The van der Waals surface area contributed by atoms with Gasteiger partial charge in [0, 0.05) is 31.5 Å². The molecule has 2 heteroatoms. The van der Waals surface area contributed by atoms with E-state index >= 15 is 0 Å². The standard InChI is InChI=1S/C14H17NO/c16-14-12-6-7-13(14)10-15(9-12)8-11-4-2-1-3-5-11/h1-5,12-13H,6-10H2/t12-,13?/m0/s1. The van der Waals surface area contributed by atoms with Crippen LogP contribution in [0.4, 0.5) is 0 Å². The highest BCUT2D eigenvalue weighted by atomic mass is 16.1. The lowest BCUT2D eigenvalue weighted by atomic mass is 9.96. The second-order valence-corrected chi connectivity index (χ2v) is 5.05. The molecule has 3 rings (SSSR count). The van der Waals surface area contributed by atoms with Gasteiger partial charge in [-0.25, -0.2) is 0 Å². The van der Waals surface area contributed by atoms with Gasteiger partial charge in [-0.15, -0.1) is 0 Å². The van der Waals surface area contributed by atoms with E-state index in [2.05, 4.69) is 29.2 Å². The van der Waals surface area contributed by atoms with E-state index in [4.69, 9.17) is 0 Å². The van der Waals surface area contributed by atoms with E-state index in [1.165, 1.54) is 5.56 Å². The molecule has 1 aliphatic heterocycles. The van der Waals surface area contributed by atoms with E-state index < -0.39 is 0 Å². The molecule has 0 radical (unpaired) electrons. The number of likely N-dealkylation sites (tertiary alicyclic amines) is 1. The smallest absolute Gasteiger partial charge is 0.141 e. The molecule has 2 fully saturated rings. The number of carbonyl (C=O) groups is 1. The van der Waals surface area contributed by atoms with Crippen molar-refractivity contribution in [2.24, 2.45) is 11.8 Å². The first kappa shape index (κ1) is 10.0. The summed E-state index contributed by atoms with van der Waals surface area (Å²) in [5.41, 5.74) is 1.36. The summed E-state index contributed by atoms with van der Waals surface area (Å²) < 4.78 is 0. The number of ketones is 1. The van der Waals surface area contributed by atoms with Crippen molar-refractivity contribution in [3.63, 3.8) is 0 Å². The molecule has 16 heavy (non-hydrogen) atoms. The summed E-state index contributed by atoms with van der Waals surface area (Å²) in [6.07, 6.45) is 2.24. The van der Waals surface area contributed by atoms with Crippen LogP contribution >= 0.6 is 0 Å². The predicted molar refractivity (Wildman–Crippen MR) is 62.9 cm³/mol. The lowest BCUT2D eigenvalue weighted by Gasteiger charge is -2.30. The molecule has 0 aromatic heterocycles. The van der Waals surface area contributed by atoms with Crippen LogP contribution in [0.15, 0.2) is 30.3 Å². The van der Waals surface area contributed by atoms with Crippen molar-refractivity contribution in [1.29, 1.82) is 0 Å². The van der Waals surface area contributed by atoms with E-state index in [-0.39, 0.29) is 0 Å². The minimum absolute atomic E-state index is 0.336. The van der Waals surface area contributed by atoms with Crippen molar-refractivity contribution in [2.75, 3.05) is 13.1 Å². The van der Waals surface area contributed by atoms with E-state index in [1.807, 2.05) is 6.07 Å². The summed E-state index contributed by atoms with van der Waals surface area (Å²) in [7, 11) is 0. The first-order chi connectivity index (χ1) is 7.83. The van der Waals surface area contributed by atoms with Crippen LogP contribution in [-0.2, 0) is 11.3 Å². The van der Waals surface area contributed by atoms with Gasteiger partial charge in [0.25, 0.3) is 0 Å². The summed E-state index contributed by atoms with van der Waals surface area (Å²) in [6, 6.07) is 10.5. The minimum atomic E-state index is 0.336. The van der Waals surface area contributed by atoms with Gasteiger partial charge in [0.2, 0.25) is 0 Å². The summed E-state index contributed by atoms with van der Waals surface area (Å²) >= 11 is 0.